The van der Waals surface area contributed by atoms with Crippen LogP contribution in [0.2, 0.25) is 0 Å². The van der Waals surface area contributed by atoms with E-state index in [4.69, 9.17) is 0 Å². The Balaban J connectivity index is 2.14. The van der Waals surface area contributed by atoms with E-state index in [1.54, 1.807) is 0 Å². The molecule has 0 unspecified atom stereocenters. The van der Waals surface area contributed by atoms with Gasteiger partial charge in [0.25, 0.3) is 0 Å². The maximum absolute atomic E-state index is 11.7. The molecule has 0 aliphatic heterocycles. The fraction of sp³-hybridized carbons (Fsp3) is 0.462. The molecule has 0 radical (unpaired) electrons. The minimum absolute atomic E-state index is 0.199. The van der Waals surface area contributed by atoms with Gasteiger partial charge in [0.15, 0.2) is 0 Å². The van der Waals surface area contributed by atoms with Gasteiger partial charge in [-0.15, -0.1) is 0 Å². The van der Waals surface area contributed by atoms with Crippen molar-refractivity contribution < 1.29 is 9.90 Å². The van der Waals surface area contributed by atoms with Crippen LogP contribution < -0.4 is 0 Å². The molecule has 1 aromatic rings. The molecule has 2 rings (SSSR count). The molecule has 0 amide bonds. The Labute approximate surface area is 104 Å². The second kappa shape index (κ2) is 5.11. The van der Waals surface area contributed by atoms with Gasteiger partial charge in [-0.2, -0.15) is 0 Å². The molecular formula is C13H15BrO2. The first-order chi connectivity index (χ1) is 7.68. The van der Waals surface area contributed by atoms with Crippen LogP contribution in [0, 0.1) is 5.92 Å². The molecule has 2 nitrogen and oxygen atoms in total. The summed E-state index contributed by atoms with van der Waals surface area (Å²) in [6.07, 6.45) is 2.82. The van der Waals surface area contributed by atoms with E-state index in [1.807, 2.05) is 24.3 Å². The molecule has 0 heterocycles. The average Bonchev–Trinajstić information content (AvgIpc) is 2.30. The fourth-order valence-electron chi connectivity index (χ4n) is 2.24. The van der Waals surface area contributed by atoms with Crippen molar-refractivity contribution in [3.8, 4) is 0 Å². The molecule has 1 saturated carbocycles. The van der Waals surface area contributed by atoms with E-state index in [2.05, 4.69) is 15.9 Å². The molecule has 0 saturated heterocycles. The van der Waals surface area contributed by atoms with E-state index in [0.29, 0.717) is 6.42 Å². The summed E-state index contributed by atoms with van der Waals surface area (Å²) in [5.41, 5.74) is 0.837. The number of aliphatic hydroxyl groups is 1. The molecule has 1 aliphatic rings. The number of benzene rings is 1. The zero-order valence-electron chi connectivity index (χ0n) is 9.03. The SMILES string of the molecule is O=C1CCCC[C@@H]1[C@@H](O)c1ccc(Br)cc1. The van der Waals surface area contributed by atoms with Gasteiger partial charge in [0.05, 0.1) is 6.10 Å². The number of Topliss-reactive ketones (excluding diaryl/α,β-unsaturated/α-hetero) is 1. The molecular weight excluding hydrogens is 268 g/mol. The molecule has 2 atom stereocenters. The molecule has 0 aromatic heterocycles. The molecule has 0 bridgehead atoms. The van der Waals surface area contributed by atoms with Crippen LogP contribution in [0.3, 0.4) is 0 Å². The van der Waals surface area contributed by atoms with Crippen LogP contribution in [0.4, 0.5) is 0 Å². The first-order valence-electron chi connectivity index (χ1n) is 5.65. The number of carbonyl (C=O) groups excluding carboxylic acids is 1. The minimum atomic E-state index is -0.638. The van der Waals surface area contributed by atoms with Crippen molar-refractivity contribution in [1.82, 2.24) is 0 Å². The van der Waals surface area contributed by atoms with Crippen LogP contribution in [0.1, 0.15) is 37.4 Å². The van der Waals surface area contributed by atoms with Crippen LogP contribution in [0.15, 0.2) is 28.7 Å². The minimum Gasteiger partial charge on any atom is -0.388 e. The average molecular weight is 283 g/mol. The third kappa shape index (κ3) is 2.53. The lowest BCUT2D eigenvalue weighted by Crippen LogP contribution is -2.25. The van der Waals surface area contributed by atoms with E-state index in [-0.39, 0.29) is 11.7 Å². The van der Waals surface area contributed by atoms with Gasteiger partial charge in [-0.1, -0.05) is 34.5 Å². The van der Waals surface area contributed by atoms with Crippen molar-refractivity contribution in [3.05, 3.63) is 34.3 Å². The van der Waals surface area contributed by atoms with E-state index in [9.17, 15) is 9.90 Å². The van der Waals surface area contributed by atoms with Crippen molar-refractivity contribution in [2.75, 3.05) is 0 Å². The highest BCUT2D eigenvalue weighted by molar-refractivity contribution is 9.10. The molecule has 1 N–H and O–H groups in total. The number of hydrogen-bond acceptors (Lipinski definition) is 2. The van der Waals surface area contributed by atoms with Gasteiger partial charge >= 0.3 is 0 Å². The third-order valence-electron chi connectivity index (χ3n) is 3.19. The summed E-state index contributed by atoms with van der Waals surface area (Å²) < 4.78 is 0.985. The summed E-state index contributed by atoms with van der Waals surface area (Å²) in [6, 6.07) is 7.53. The third-order valence-corrected chi connectivity index (χ3v) is 3.72. The predicted molar refractivity (Wildman–Crippen MR) is 66.1 cm³/mol. The molecule has 1 fully saturated rings. The van der Waals surface area contributed by atoms with Crippen LogP contribution in [0.5, 0.6) is 0 Å². The smallest absolute Gasteiger partial charge is 0.138 e. The van der Waals surface area contributed by atoms with E-state index in [1.165, 1.54) is 0 Å². The normalized spacial score (nSPS) is 23.1. The standard InChI is InChI=1S/C13H15BrO2/c14-10-7-5-9(6-8-10)13(16)11-3-1-2-4-12(11)15/h5-8,11,13,16H,1-4H2/t11-,13-/m0/s1. The zero-order chi connectivity index (χ0) is 11.5. The summed E-state index contributed by atoms with van der Waals surface area (Å²) in [5.74, 6) is 0.0107. The monoisotopic (exact) mass is 282 g/mol. The lowest BCUT2D eigenvalue weighted by atomic mass is 9.82. The number of rotatable bonds is 2. The van der Waals surface area contributed by atoms with Crippen LogP contribution >= 0.6 is 15.9 Å². The second-order valence-corrected chi connectivity index (χ2v) is 5.23. The Bertz CT molecular complexity index is 372. The summed E-state index contributed by atoms with van der Waals surface area (Å²) in [6.45, 7) is 0. The van der Waals surface area contributed by atoms with Crippen molar-refractivity contribution in [1.29, 1.82) is 0 Å². The fourth-order valence-corrected chi connectivity index (χ4v) is 2.50. The van der Waals surface area contributed by atoms with Crippen LogP contribution in [-0.4, -0.2) is 10.9 Å². The topological polar surface area (TPSA) is 37.3 Å². The summed E-state index contributed by atoms with van der Waals surface area (Å²) in [7, 11) is 0. The van der Waals surface area contributed by atoms with Gasteiger partial charge < -0.3 is 5.11 Å². The second-order valence-electron chi connectivity index (χ2n) is 4.31. The summed E-state index contributed by atoms with van der Waals surface area (Å²) in [5, 5.41) is 10.2. The lowest BCUT2D eigenvalue weighted by molar-refractivity contribution is -0.128. The summed E-state index contributed by atoms with van der Waals surface area (Å²) >= 11 is 3.35. The number of halogens is 1. The Morgan fingerprint density at radius 2 is 1.94 bits per heavy atom. The van der Waals surface area contributed by atoms with Gasteiger partial charge in [0.2, 0.25) is 0 Å². The van der Waals surface area contributed by atoms with E-state index in [0.717, 1.165) is 29.3 Å². The molecule has 1 aromatic carbocycles. The molecule has 1 aliphatic carbocycles. The maximum atomic E-state index is 11.7. The van der Waals surface area contributed by atoms with Gasteiger partial charge in [-0.25, -0.2) is 0 Å². The van der Waals surface area contributed by atoms with Crippen LogP contribution in [-0.2, 0) is 4.79 Å². The summed E-state index contributed by atoms with van der Waals surface area (Å²) in [4.78, 5) is 11.7. The quantitative estimate of drug-likeness (QED) is 0.904. The Kier molecular flexibility index (Phi) is 3.77. The Hall–Kier alpha value is -0.670. The number of ketones is 1. The van der Waals surface area contributed by atoms with Gasteiger partial charge in [-0.05, 0) is 30.5 Å². The molecule has 3 heteroatoms. The number of carbonyl (C=O) groups is 1. The van der Waals surface area contributed by atoms with Gasteiger partial charge in [0, 0.05) is 16.8 Å². The van der Waals surface area contributed by atoms with E-state index >= 15 is 0 Å². The first-order valence-corrected chi connectivity index (χ1v) is 6.44. The Morgan fingerprint density at radius 3 is 2.56 bits per heavy atom. The zero-order valence-corrected chi connectivity index (χ0v) is 10.6. The molecule has 0 spiro atoms. The predicted octanol–water partition coefficient (Wildman–Crippen LogP) is 3.24. The lowest BCUT2D eigenvalue weighted by Gasteiger charge is -2.25. The highest BCUT2D eigenvalue weighted by Gasteiger charge is 2.29. The van der Waals surface area contributed by atoms with Gasteiger partial charge in [-0.3, -0.25) is 4.79 Å². The van der Waals surface area contributed by atoms with Crippen molar-refractivity contribution in [2.45, 2.75) is 31.8 Å². The highest BCUT2D eigenvalue weighted by atomic mass is 79.9. The van der Waals surface area contributed by atoms with Gasteiger partial charge in [0.1, 0.15) is 5.78 Å². The molecule has 86 valence electrons. The number of hydrogen-bond donors (Lipinski definition) is 1. The van der Waals surface area contributed by atoms with Crippen molar-refractivity contribution in [3.63, 3.8) is 0 Å². The van der Waals surface area contributed by atoms with E-state index < -0.39 is 6.10 Å². The maximum Gasteiger partial charge on any atom is 0.138 e. The largest absolute Gasteiger partial charge is 0.388 e. The van der Waals surface area contributed by atoms with Crippen molar-refractivity contribution in [2.24, 2.45) is 5.92 Å². The number of aliphatic hydroxyl groups excluding tert-OH is 1. The first kappa shape index (κ1) is 11.8. The highest BCUT2D eigenvalue weighted by Crippen LogP contribution is 2.32. The van der Waals surface area contributed by atoms with Crippen LogP contribution in [0.25, 0.3) is 0 Å². The van der Waals surface area contributed by atoms with Crippen molar-refractivity contribution >= 4 is 21.7 Å². The Morgan fingerprint density at radius 1 is 1.25 bits per heavy atom. The molecule has 16 heavy (non-hydrogen) atoms.